The van der Waals surface area contributed by atoms with Crippen molar-refractivity contribution in [3.8, 4) is 17.2 Å². The number of halogens is 1. The van der Waals surface area contributed by atoms with Gasteiger partial charge in [-0.15, -0.1) is 0 Å². The van der Waals surface area contributed by atoms with Crippen molar-refractivity contribution >= 4 is 33.7 Å². The van der Waals surface area contributed by atoms with Crippen LogP contribution in [0.1, 0.15) is 11.1 Å². The van der Waals surface area contributed by atoms with E-state index in [0.717, 1.165) is 15.6 Å². The van der Waals surface area contributed by atoms with E-state index in [0.29, 0.717) is 28.6 Å². The van der Waals surface area contributed by atoms with E-state index >= 15 is 0 Å². The van der Waals surface area contributed by atoms with E-state index in [-0.39, 0.29) is 0 Å². The molecule has 0 aromatic heterocycles. The minimum atomic E-state index is -0.406. The van der Waals surface area contributed by atoms with Gasteiger partial charge in [0.1, 0.15) is 5.76 Å². The summed E-state index contributed by atoms with van der Waals surface area (Å²) in [5, 5.41) is 0. The van der Waals surface area contributed by atoms with Crippen LogP contribution in [0.4, 0.5) is 0 Å². The van der Waals surface area contributed by atoms with Gasteiger partial charge in [-0.2, -0.15) is 0 Å². The van der Waals surface area contributed by atoms with Crippen molar-refractivity contribution in [2.24, 2.45) is 0 Å². The lowest BCUT2D eigenvalue weighted by Crippen LogP contribution is -1.98. The summed E-state index contributed by atoms with van der Waals surface area (Å²) in [5.74, 6) is 1.64. The lowest BCUT2D eigenvalue weighted by molar-refractivity contribution is -0.130. The van der Waals surface area contributed by atoms with E-state index in [9.17, 15) is 4.79 Å². The van der Waals surface area contributed by atoms with E-state index in [1.165, 1.54) is 0 Å². The van der Waals surface area contributed by atoms with Gasteiger partial charge in [0.15, 0.2) is 11.5 Å². The first-order valence-electron chi connectivity index (χ1n) is 7.77. The molecule has 0 radical (unpaired) electrons. The molecule has 1 aliphatic rings. The first kappa shape index (κ1) is 18.1. The van der Waals surface area contributed by atoms with Crippen molar-refractivity contribution in [1.29, 1.82) is 0 Å². The molecule has 0 bridgehead atoms. The molecule has 0 saturated heterocycles. The normalized spacial score (nSPS) is 14.8. The molecule has 0 amide bonds. The number of benzene rings is 2. The van der Waals surface area contributed by atoms with Crippen molar-refractivity contribution in [3.63, 3.8) is 0 Å². The van der Waals surface area contributed by atoms with Crippen LogP contribution in [0.25, 0.3) is 11.8 Å². The Morgan fingerprint density at radius 2 is 1.58 bits per heavy atom. The number of hydrogen-bond donors (Lipinski definition) is 0. The molecular weight excluding hydrogens is 400 g/mol. The number of hydrogen-bond acceptors (Lipinski definition) is 5. The van der Waals surface area contributed by atoms with Crippen LogP contribution in [-0.2, 0) is 9.53 Å². The van der Waals surface area contributed by atoms with Crippen LogP contribution < -0.4 is 14.2 Å². The van der Waals surface area contributed by atoms with Gasteiger partial charge < -0.3 is 18.9 Å². The highest BCUT2D eigenvalue weighted by atomic mass is 79.9. The summed E-state index contributed by atoms with van der Waals surface area (Å²) >= 11 is 3.39. The number of methoxy groups -OCH3 is 3. The van der Waals surface area contributed by atoms with E-state index in [1.54, 1.807) is 45.6 Å². The molecule has 134 valence electrons. The fourth-order valence-electron chi connectivity index (χ4n) is 2.61. The molecule has 0 fully saturated rings. The lowest BCUT2D eigenvalue weighted by Gasteiger charge is -2.12. The Labute approximate surface area is 160 Å². The number of rotatable bonds is 5. The van der Waals surface area contributed by atoms with Gasteiger partial charge in [-0.05, 0) is 42.0 Å². The minimum absolute atomic E-state index is 0.406. The summed E-state index contributed by atoms with van der Waals surface area (Å²) in [6, 6.07) is 11.1. The highest BCUT2D eigenvalue weighted by molar-refractivity contribution is 9.10. The van der Waals surface area contributed by atoms with Crippen molar-refractivity contribution in [1.82, 2.24) is 0 Å². The maximum atomic E-state index is 12.2. The summed E-state index contributed by atoms with van der Waals surface area (Å²) < 4.78 is 22.3. The second-order valence-electron chi connectivity index (χ2n) is 5.46. The summed E-state index contributed by atoms with van der Waals surface area (Å²) in [7, 11) is 4.63. The molecule has 26 heavy (non-hydrogen) atoms. The van der Waals surface area contributed by atoms with Crippen molar-refractivity contribution in [2.45, 2.75) is 0 Å². The van der Waals surface area contributed by atoms with Crippen molar-refractivity contribution in [2.75, 3.05) is 21.3 Å². The molecule has 0 N–H and O–H groups in total. The lowest BCUT2D eigenvalue weighted by atomic mass is 10.1. The van der Waals surface area contributed by atoms with Crippen molar-refractivity contribution < 1.29 is 23.7 Å². The maximum absolute atomic E-state index is 12.2. The van der Waals surface area contributed by atoms with Crippen molar-refractivity contribution in [3.05, 3.63) is 63.6 Å². The fourth-order valence-corrected chi connectivity index (χ4v) is 2.87. The average Bonchev–Trinajstić information content (AvgIpc) is 3.01. The van der Waals surface area contributed by atoms with Gasteiger partial charge in [0, 0.05) is 10.0 Å². The van der Waals surface area contributed by atoms with Gasteiger partial charge in [-0.25, -0.2) is 4.79 Å². The van der Waals surface area contributed by atoms with Crippen LogP contribution in [0.5, 0.6) is 17.2 Å². The SMILES string of the molecule is COc1cc(C=C2C=C(c3ccc(Br)cc3)OC2=O)cc(OC)c1OC. The Morgan fingerprint density at radius 3 is 2.12 bits per heavy atom. The minimum Gasteiger partial charge on any atom is -0.493 e. The number of ether oxygens (including phenoxy) is 4. The quantitative estimate of drug-likeness (QED) is 0.531. The fraction of sp³-hybridized carbons (Fsp3) is 0.150. The second kappa shape index (κ2) is 7.66. The third-order valence-electron chi connectivity index (χ3n) is 3.86. The van der Waals surface area contributed by atoms with Gasteiger partial charge >= 0.3 is 5.97 Å². The van der Waals surface area contributed by atoms with Gasteiger partial charge in [-0.1, -0.05) is 28.1 Å². The van der Waals surface area contributed by atoms with Crippen LogP contribution >= 0.6 is 15.9 Å². The first-order valence-corrected chi connectivity index (χ1v) is 8.56. The van der Waals surface area contributed by atoms with Crippen LogP contribution in [-0.4, -0.2) is 27.3 Å². The Balaban J connectivity index is 1.99. The Kier molecular flexibility index (Phi) is 5.32. The predicted molar refractivity (Wildman–Crippen MR) is 102 cm³/mol. The van der Waals surface area contributed by atoms with E-state index in [2.05, 4.69) is 15.9 Å². The maximum Gasteiger partial charge on any atom is 0.343 e. The number of esters is 1. The zero-order valence-corrected chi connectivity index (χ0v) is 16.1. The average molecular weight is 417 g/mol. The highest BCUT2D eigenvalue weighted by Crippen LogP contribution is 2.39. The molecule has 0 aliphatic carbocycles. The van der Waals surface area contributed by atoms with Crippen LogP contribution in [0, 0.1) is 0 Å². The zero-order valence-electron chi connectivity index (χ0n) is 14.5. The summed E-state index contributed by atoms with van der Waals surface area (Å²) in [6.45, 7) is 0. The molecule has 0 atom stereocenters. The largest absolute Gasteiger partial charge is 0.493 e. The Bertz CT molecular complexity index is 872. The summed E-state index contributed by atoms with van der Waals surface area (Å²) in [4.78, 5) is 12.2. The van der Waals surface area contributed by atoms with E-state index < -0.39 is 5.97 Å². The third kappa shape index (κ3) is 3.60. The van der Waals surface area contributed by atoms with Gasteiger partial charge in [0.05, 0.1) is 26.9 Å². The van der Waals surface area contributed by atoms with Gasteiger partial charge in [-0.3, -0.25) is 0 Å². The van der Waals surface area contributed by atoms with Crippen LogP contribution in [0.2, 0.25) is 0 Å². The first-order chi connectivity index (χ1) is 12.5. The molecule has 0 saturated carbocycles. The molecule has 1 heterocycles. The van der Waals surface area contributed by atoms with Gasteiger partial charge in [0.25, 0.3) is 0 Å². The third-order valence-corrected chi connectivity index (χ3v) is 4.39. The molecule has 1 aliphatic heterocycles. The molecule has 6 heteroatoms. The molecule has 0 unspecified atom stereocenters. The molecule has 2 aromatic rings. The smallest absolute Gasteiger partial charge is 0.343 e. The predicted octanol–water partition coefficient (Wildman–Crippen LogP) is 4.46. The summed E-state index contributed by atoms with van der Waals surface area (Å²) in [5.41, 5.74) is 2.01. The highest BCUT2D eigenvalue weighted by Gasteiger charge is 2.22. The van der Waals surface area contributed by atoms with Crippen LogP contribution in [0.3, 0.4) is 0 Å². The van der Waals surface area contributed by atoms with E-state index in [1.807, 2.05) is 24.3 Å². The monoisotopic (exact) mass is 416 g/mol. The number of cyclic esters (lactones) is 1. The summed E-state index contributed by atoms with van der Waals surface area (Å²) in [6.07, 6.45) is 3.44. The number of carbonyl (C=O) groups excluding carboxylic acids is 1. The molecule has 3 rings (SSSR count). The molecular formula is C20H17BrO5. The number of carbonyl (C=O) groups is 1. The standard InChI is InChI=1S/C20H17BrO5/c1-23-17-9-12(10-18(24-2)19(17)25-3)8-14-11-16(26-20(14)22)13-4-6-15(21)7-5-13/h4-11H,1-3H3. The zero-order chi connectivity index (χ0) is 18.7. The topological polar surface area (TPSA) is 54.0 Å². The second-order valence-corrected chi connectivity index (χ2v) is 6.38. The molecule has 0 spiro atoms. The van der Waals surface area contributed by atoms with Crippen LogP contribution in [0.15, 0.2) is 52.5 Å². The molecule has 5 nitrogen and oxygen atoms in total. The Morgan fingerprint density at radius 1 is 0.962 bits per heavy atom. The van der Waals surface area contributed by atoms with Gasteiger partial charge in [0.2, 0.25) is 5.75 Å². The Hall–Kier alpha value is -2.73. The molecule has 2 aromatic carbocycles. The van der Waals surface area contributed by atoms with E-state index in [4.69, 9.17) is 18.9 Å².